The molecule has 1 aliphatic rings. The lowest BCUT2D eigenvalue weighted by Gasteiger charge is -2.15. The van der Waals surface area contributed by atoms with Crippen LogP contribution in [0.4, 0.5) is 5.69 Å². The number of anilines is 1. The van der Waals surface area contributed by atoms with Crippen molar-refractivity contribution in [3.8, 4) is 0 Å². The normalized spacial score (nSPS) is 18.6. The summed E-state index contributed by atoms with van der Waals surface area (Å²) in [6, 6.07) is 3.55. The van der Waals surface area contributed by atoms with Gasteiger partial charge in [0.2, 0.25) is 11.8 Å². The minimum atomic E-state index is -0.412. The van der Waals surface area contributed by atoms with Crippen LogP contribution in [-0.4, -0.2) is 17.9 Å². The molecule has 0 bridgehead atoms. The quantitative estimate of drug-likeness (QED) is 0.880. The summed E-state index contributed by atoms with van der Waals surface area (Å²) in [5, 5.41) is 5.53. The van der Waals surface area contributed by atoms with Gasteiger partial charge in [-0.2, -0.15) is 0 Å². The van der Waals surface area contributed by atoms with Crippen LogP contribution in [0.5, 0.6) is 0 Å². The van der Waals surface area contributed by atoms with E-state index in [0.717, 1.165) is 21.3 Å². The molecule has 2 amide bonds. The summed E-state index contributed by atoms with van der Waals surface area (Å²) in [7, 11) is 0. The Bertz CT molecular complexity index is 491. The van der Waals surface area contributed by atoms with Crippen molar-refractivity contribution in [3.05, 3.63) is 27.7 Å². The van der Waals surface area contributed by atoms with Crippen LogP contribution in [-0.2, 0) is 9.59 Å². The first-order valence-corrected chi connectivity index (χ1v) is 6.63. The molecule has 18 heavy (non-hydrogen) atoms. The lowest BCUT2D eigenvalue weighted by atomic mass is 10.1. The molecule has 0 unspecified atom stereocenters. The number of carbonyl (C=O) groups excluding carboxylic acids is 2. The van der Waals surface area contributed by atoms with E-state index in [2.05, 4.69) is 26.6 Å². The van der Waals surface area contributed by atoms with Gasteiger partial charge in [-0.3, -0.25) is 9.59 Å². The number of carbonyl (C=O) groups is 2. The number of amides is 2. The van der Waals surface area contributed by atoms with Gasteiger partial charge in [0.15, 0.2) is 0 Å². The third-order valence-corrected chi connectivity index (χ3v) is 3.62. The fraction of sp³-hybridized carbons (Fsp3) is 0.385. The van der Waals surface area contributed by atoms with Crippen LogP contribution in [0.15, 0.2) is 16.6 Å². The average molecular weight is 311 g/mol. The maximum atomic E-state index is 12.0. The van der Waals surface area contributed by atoms with Crippen molar-refractivity contribution < 1.29 is 9.59 Å². The number of nitrogens with one attached hydrogen (secondary N) is 2. The zero-order valence-electron chi connectivity index (χ0n) is 10.3. The standard InChI is InChI=1S/C13H15BrN2O2/c1-7-5-8(2)12(9(14)6-7)16-13(18)10-3-4-11(17)15-10/h5-6,10H,3-4H2,1-2H3,(H,15,17)(H,16,18)/t10-/m0/s1. The summed E-state index contributed by atoms with van der Waals surface area (Å²) in [6.07, 6.45) is 0.985. The molecule has 1 heterocycles. The van der Waals surface area contributed by atoms with E-state index in [-0.39, 0.29) is 11.8 Å². The topological polar surface area (TPSA) is 58.2 Å². The van der Waals surface area contributed by atoms with Gasteiger partial charge in [0, 0.05) is 10.9 Å². The third kappa shape index (κ3) is 2.72. The Kier molecular flexibility index (Phi) is 3.71. The second kappa shape index (κ2) is 5.10. The molecule has 1 atom stereocenters. The van der Waals surface area contributed by atoms with Gasteiger partial charge in [-0.15, -0.1) is 0 Å². The van der Waals surface area contributed by atoms with E-state index in [4.69, 9.17) is 0 Å². The highest BCUT2D eigenvalue weighted by Gasteiger charge is 2.27. The highest BCUT2D eigenvalue weighted by Crippen LogP contribution is 2.28. The van der Waals surface area contributed by atoms with E-state index in [0.29, 0.717) is 12.8 Å². The molecule has 1 aromatic carbocycles. The number of benzene rings is 1. The zero-order chi connectivity index (χ0) is 13.3. The van der Waals surface area contributed by atoms with Gasteiger partial charge in [-0.1, -0.05) is 6.07 Å². The molecule has 2 N–H and O–H groups in total. The van der Waals surface area contributed by atoms with Crippen LogP contribution in [0.1, 0.15) is 24.0 Å². The highest BCUT2D eigenvalue weighted by molar-refractivity contribution is 9.10. The zero-order valence-corrected chi connectivity index (χ0v) is 11.9. The molecule has 5 heteroatoms. The SMILES string of the molecule is Cc1cc(C)c(NC(=O)[C@@H]2CCC(=O)N2)c(Br)c1. The Morgan fingerprint density at radius 3 is 2.72 bits per heavy atom. The molecule has 0 saturated carbocycles. The van der Waals surface area contributed by atoms with Crippen molar-refractivity contribution in [2.45, 2.75) is 32.7 Å². The Morgan fingerprint density at radius 2 is 2.17 bits per heavy atom. The van der Waals surface area contributed by atoms with Gasteiger partial charge in [0.1, 0.15) is 6.04 Å². The van der Waals surface area contributed by atoms with E-state index in [1.807, 2.05) is 26.0 Å². The number of hydrogen-bond acceptors (Lipinski definition) is 2. The maximum Gasteiger partial charge on any atom is 0.247 e. The third-order valence-electron chi connectivity index (χ3n) is 2.99. The van der Waals surface area contributed by atoms with Crippen molar-refractivity contribution in [2.24, 2.45) is 0 Å². The van der Waals surface area contributed by atoms with Crippen LogP contribution >= 0.6 is 15.9 Å². The molecule has 1 aromatic rings. The summed E-state index contributed by atoms with van der Waals surface area (Å²) in [6.45, 7) is 3.95. The first-order valence-electron chi connectivity index (χ1n) is 5.84. The van der Waals surface area contributed by atoms with Crippen molar-refractivity contribution in [2.75, 3.05) is 5.32 Å². The summed E-state index contributed by atoms with van der Waals surface area (Å²) >= 11 is 3.44. The fourth-order valence-corrected chi connectivity index (χ4v) is 2.87. The predicted molar refractivity (Wildman–Crippen MR) is 73.4 cm³/mol. The van der Waals surface area contributed by atoms with Crippen molar-refractivity contribution >= 4 is 33.4 Å². The average Bonchev–Trinajstić information content (AvgIpc) is 2.70. The van der Waals surface area contributed by atoms with Crippen molar-refractivity contribution in [1.82, 2.24) is 5.32 Å². The van der Waals surface area contributed by atoms with Gasteiger partial charge in [-0.25, -0.2) is 0 Å². The van der Waals surface area contributed by atoms with Crippen LogP contribution < -0.4 is 10.6 Å². The smallest absolute Gasteiger partial charge is 0.247 e. The molecule has 1 aliphatic heterocycles. The van der Waals surface area contributed by atoms with Gasteiger partial charge < -0.3 is 10.6 Å². The summed E-state index contributed by atoms with van der Waals surface area (Å²) in [4.78, 5) is 23.1. The monoisotopic (exact) mass is 310 g/mol. The summed E-state index contributed by atoms with van der Waals surface area (Å²) in [5.41, 5.74) is 2.90. The largest absolute Gasteiger partial charge is 0.344 e. The molecule has 2 rings (SSSR count). The van der Waals surface area contributed by atoms with Crippen LogP contribution in [0, 0.1) is 13.8 Å². The lowest BCUT2D eigenvalue weighted by Crippen LogP contribution is -2.37. The molecule has 0 radical (unpaired) electrons. The molecular formula is C13H15BrN2O2. The Hall–Kier alpha value is -1.36. The molecule has 0 aromatic heterocycles. The Balaban J connectivity index is 2.14. The number of halogens is 1. The van der Waals surface area contributed by atoms with E-state index >= 15 is 0 Å². The van der Waals surface area contributed by atoms with Crippen LogP contribution in [0.3, 0.4) is 0 Å². The van der Waals surface area contributed by atoms with Crippen LogP contribution in [0.25, 0.3) is 0 Å². The fourth-order valence-electron chi connectivity index (χ4n) is 2.10. The van der Waals surface area contributed by atoms with Gasteiger partial charge in [0.05, 0.1) is 5.69 Å². The summed E-state index contributed by atoms with van der Waals surface area (Å²) < 4.78 is 0.859. The molecule has 0 spiro atoms. The molecule has 1 saturated heterocycles. The maximum absolute atomic E-state index is 12.0. The molecular weight excluding hydrogens is 296 g/mol. The molecule has 1 fully saturated rings. The van der Waals surface area contributed by atoms with Gasteiger partial charge in [0.25, 0.3) is 0 Å². The number of aryl methyl sites for hydroxylation is 2. The van der Waals surface area contributed by atoms with Crippen molar-refractivity contribution in [1.29, 1.82) is 0 Å². The molecule has 0 aliphatic carbocycles. The number of hydrogen-bond donors (Lipinski definition) is 2. The van der Waals surface area contributed by atoms with Gasteiger partial charge in [-0.05, 0) is 53.4 Å². The molecule has 96 valence electrons. The predicted octanol–water partition coefficient (Wildman–Crippen LogP) is 2.28. The Morgan fingerprint density at radius 1 is 1.44 bits per heavy atom. The molecule has 4 nitrogen and oxygen atoms in total. The van der Waals surface area contributed by atoms with Crippen LogP contribution in [0.2, 0.25) is 0 Å². The van der Waals surface area contributed by atoms with Gasteiger partial charge >= 0.3 is 0 Å². The van der Waals surface area contributed by atoms with E-state index in [1.54, 1.807) is 0 Å². The second-order valence-corrected chi connectivity index (χ2v) is 5.44. The highest BCUT2D eigenvalue weighted by atomic mass is 79.9. The van der Waals surface area contributed by atoms with E-state index < -0.39 is 6.04 Å². The first kappa shape index (κ1) is 13.1. The second-order valence-electron chi connectivity index (χ2n) is 4.59. The minimum Gasteiger partial charge on any atom is -0.344 e. The minimum absolute atomic E-state index is 0.0603. The Labute approximate surface area is 114 Å². The van der Waals surface area contributed by atoms with Crippen molar-refractivity contribution in [3.63, 3.8) is 0 Å². The summed E-state index contributed by atoms with van der Waals surface area (Å²) in [5.74, 6) is -0.219. The number of rotatable bonds is 2. The lowest BCUT2D eigenvalue weighted by molar-refractivity contribution is -0.122. The van der Waals surface area contributed by atoms with E-state index in [1.165, 1.54) is 0 Å². The van der Waals surface area contributed by atoms with E-state index in [9.17, 15) is 9.59 Å². The first-order chi connectivity index (χ1) is 8.47.